The molecule has 1 fully saturated rings. The Morgan fingerprint density at radius 1 is 0.904 bits per heavy atom. The first-order valence-corrected chi connectivity index (χ1v) is 19.2. The number of rotatable bonds is 20. The highest BCUT2D eigenvalue weighted by Crippen LogP contribution is 2.29. The number of methoxy groups -OCH3 is 2. The highest BCUT2D eigenvalue weighted by molar-refractivity contribution is 5.90. The van der Waals surface area contributed by atoms with Crippen molar-refractivity contribution in [1.29, 1.82) is 0 Å². The summed E-state index contributed by atoms with van der Waals surface area (Å²) in [5, 5.41) is 19.9. The minimum absolute atomic E-state index is 0.0169. The number of nitrogens with one attached hydrogen (secondary N) is 3. The molecule has 12 nitrogen and oxygen atoms in total. The van der Waals surface area contributed by atoms with Gasteiger partial charge >= 0.3 is 0 Å². The van der Waals surface area contributed by atoms with Crippen molar-refractivity contribution < 1.29 is 33.8 Å². The third-order valence-corrected chi connectivity index (χ3v) is 11.0. The lowest BCUT2D eigenvalue weighted by Gasteiger charge is -2.43. The van der Waals surface area contributed by atoms with Crippen LogP contribution in [0.4, 0.5) is 0 Å². The maximum atomic E-state index is 14.3. The quantitative estimate of drug-likeness (QED) is 0.158. The van der Waals surface area contributed by atoms with Crippen molar-refractivity contribution in [3.05, 3.63) is 35.9 Å². The number of likely N-dealkylation sites (tertiary alicyclic amines) is 1. The minimum Gasteiger partial charge on any atom is -0.386 e. The van der Waals surface area contributed by atoms with Crippen LogP contribution in [0.25, 0.3) is 0 Å². The average molecular weight is 732 g/mol. The molecular formula is C40H69N5O7. The Morgan fingerprint density at radius 2 is 1.52 bits per heavy atom. The van der Waals surface area contributed by atoms with Gasteiger partial charge in [-0.15, -0.1) is 0 Å². The van der Waals surface area contributed by atoms with E-state index in [0.717, 1.165) is 19.3 Å². The summed E-state index contributed by atoms with van der Waals surface area (Å²) in [5.74, 6) is -1.62. The molecule has 0 saturated carbocycles. The summed E-state index contributed by atoms with van der Waals surface area (Å²) in [5.41, 5.74) is 0.712. The molecule has 1 saturated heterocycles. The van der Waals surface area contributed by atoms with E-state index in [0.29, 0.717) is 18.5 Å². The van der Waals surface area contributed by atoms with E-state index in [1.807, 2.05) is 76.8 Å². The van der Waals surface area contributed by atoms with Gasteiger partial charge in [0.15, 0.2) is 0 Å². The van der Waals surface area contributed by atoms with Gasteiger partial charge in [-0.1, -0.05) is 85.2 Å². The van der Waals surface area contributed by atoms with E-state index in [1.54, 1.807) is 47.1 Å². The molecule has 12 heteroatoms. The van der Waals surface area contributed by atoms with Crippen molar-refractivity contribution in [2.45, 2.75) is 136 Å². The number of carbonyl (C=O) groups is 4. The van der Waals surface area contributed by atoms with Crippen molar-refractivity contribution >= 4 is 23.6 Å². The topological polar surface area (TPSA) is 150 Å². The second-order valence-electron chi connectivity index (χ2n) is 15.3. The van der Waals surface area contributed by atoms with Gasteiger partial charge < -0.3 is 40.3 Å². The first-order valence-electron chi connectivity index (χ1n) is 19.2. The van der Waals surface area contributed by atoms with E-state index in [-0.39, 0.29) is 53.8 Å². The molecule has 1 aliphatic rings. The monoisotopic (exact) mass is 732 g/mol. The van der Waals surface area contributed by atoms with Gasteiger partial charge in [-0.05, 0) is 56.6 Å². The number of aliphatic hydroxyl groups excluding tert-OH is 1. The molecule has 3 unspecified atom stereocenters. The van der Waals surface area contributed by atoms with Gasteiger partial charge in [0, 0.05) is 27.8 Å². The first kappa shape index (κ1) is 45.1. The number of likely N-dealkylation sites (N-methyl/N-ethyl adjacent to an activating group) is 2. The molecule has 1 aromatic carbocycles. The van der Waals surface area contributed by atoms with E-state index >= 15 is 0 Å². The highest BCUT2D eigenvalue weighted by Gasteiger charge is 2.42. The number of nitrogens with zero attached hydrogens (tertiary/aromatic N) is 2. The number of hydrogen-bond acceptors (Lipinski definition) is 8. The maximum absolute atomic E-state index is 14.3. The van der Waals surface area contributed by atoms with Crippen LogP contribution in [0.15, 0.2) is 30.3 Å². The number of benzene rings is 1. The van der Waals surface area contributed by atoms with E-state index < -0.39 is 48.4 Å². The van der Waals surface area contributed by atoms with Gasteiger partial charge in [0.25, 0.3) is 0 Å². The first-order chi connectivity index (χ1) is 24.5. The van der Waals surface area contributed by atoms with Crippen LogP contribution in [-0.4, -0.2) is 116 Å². The van der Waals surface area contributed by atoms with Crippen LogP contribution < -0.4 is 16.0 Å². The van der Waals surface area contributed by atoms with Gasteiger partial charge in [0.1, 0.15) is 6.04 Å². The lowest BCUT2D eigenvalue weighted by Crippen LogP contribution is -2.60. The van der Waals surface area contributed by atoms with Crippen LogP contribution in [-0.2, 0) is 28.7 Å². The number of hydrogen-bond donors (Lipinski definition) is 4. The van der Waals surface area contributed by atoms with Gasteiger partial charge in [-0.25, -0.2) is 0 Å². The third-order valence-electron chi connectivity index (χ3n) is 11.0. The molecule has 0 radical (unpaired) electrons. The minimum atomic E-state index is -0.877. The summed E-state index contributed by atoms with van der Waals surface area (Å²) in [7, 11) is 6.60. The van der Waals surface area contributed by atoms with Gasteiger partial charge in [-0.3, -0.25) is 19.2 Å². The fourth-order valence-electron chi connectivity index (χ4n) is 7.59. The van der Waals surface area contributed by atoms with Gasteiger partial charge in [0.05, 0.1) is 54.8 Å². The predicted molar refractivity (Wildman–Crippen MR) is 204 cm³/mol. The summed E-state index contributed by atoms with van der Waals surface area (Å²) >= 11 is 0. The van der Waals surface area contributed by atoms with Crippen molar-refractivity contribution in [3.8, 4) is 0 Å². The summed E-state index contributed by atoms with van der Waals surface area (Å²) in [6, 6.07) is 6.67. The van der Waals surface area contributed by atoms with Crippen molar-refractivity contribution in [3.63, 3.8) is 0 Å². The summed E-state index contributed by atoms with van der Waals surface area (Å²) in [4.78, 5) is 58.7. The normalized spacial score (nSPS) is 20.2. The number of piperidine rings is 1. The second kappa shape index (κ2) is 21.6. The van der Waals surface area contributed by atoms with Crippen LogP contribution in [0.3, 0.4) is 0 Å². The van der Waals surface area contributed by atoms with Crippen LogP contribution in [0.5, 0.6) is 0 Å². The number of amides is 4. The van der Waals surface area contributed by atoms with Crippen LogP contribution in [0.2, 0.25) is 0 Å². The Morgan fingerprint density at radius 3 is 2.04 bits per heavy atom. The third kappa shape index (κ3) is 11.7. The van der Waals surface area contributed by atoms with Crippen LogP contribution >= 0.6 is 0 Å². The Hall–Kier alpha value is -3.06. The zero-order valence-corrected chi connectivity index (χ0v) is 33.8. The molecule has 1 aromatic rings. The summed E-state index contributed by atoms with van der Waals surface area (Å²) in [6.07, 6.45) is 1.09. The predicted octanol–water partition coefficient (Wildman–Crippen LogP) is 3.92. The fraction of sp³-hybridized carbons (Fsp3) is 0.750. The Bertz CT molecular complexity index is 1260. The molecular weight excluding hydrogens is 662 g/mol. The van der Waals surface area contributed by atoms with E-state index in [1.165, 1.54) is 0 Å². The zero-order chi connectivity index (χ0) is 39.3. The largest absolute Gasteiger partial charge is 0.386 e. The van der Waals surface area contributed by atoms with Crippen molar-refractivity contribution in [2.75, 3.05) is 34.9 Å². The number of carbonyl (C=O) groups excluding carboxylic acids is 4. The summed E-state index contributed by atoms with van der Waals surface area (Å²) < 4.78 is 12.0. The van der Waals surface area contributed by atoms with Gasteiger partial charge in [-0.2, -0.15) is 0 Å². The molecule has 10 atom stereocenters. The molecule has 0 bridgehead atoms. The molecule has 0 aromatic heterocycles. The van der Waals surface area contributed by atoms with Crippen LogP contribution in [0, 0.1) is 23.7 Å². The Kier molecular flexibility index (Phi) is 18.7. The molecule has 1 aliphatic heterocycles. The Labute approximate surface area is 313 Å². The molecule has 296 valence electrons. The summed E-state index contributed by atoms with van der Waals surface area (Å²) in [6.45, 7) is 15.9. The highest BCUT2D eigenvalue weighted by atomic mass is 16.5. The molecule has 1 heterocycles. The van der Waals surface area contributed by atoms with Crippen molar-refractivity contribution in [1.82, 2.24) is 25.8 Å². The molecule has 52 heavy (non-hydrogen) atoms. The lowest BCUT2D eigenvalue weighted by atomic mass is 9.87. The van der Waals surface area contributed by atoms with E-state index in [9.17, 15) is 24.3 Å². The standard InChI is InChI=1S/C40H69N5O7/c1-13-26(6)35(44(10)40(50)34(25(4)5)43-39(49)33(41-9)24(2)3)31(51-11)23-32(46)45-22-18-17-21-30(45)37(52-12)27(7)38(48)42-28(8)36(47)29-19-15-14-16-20-29/h14-16,19-20,24-28,30-31,33-37,41,47H,13,17-18,21-23H2,1-12H3,(H,42,48)(H,43,49)/t26?,27-,28-,30+,31-,33?,34+,35?,36-,37-/m1/s1. The van der Waals surface area contributed by atoms with Gasteiger partial charge in [0.2, 0.25) is 23.6 Å². The smallest absolute Gasteiger partial charge is 0.245 e. The van der Waals surface area contributed by atoms with E-state index in [2.05, 4.69) is 16.0 Å². The molecule has 4 N–H and O–H groups in total. The molecule has 4 amide bonds. The number of ether oxygens (including phenoxy) is 2. The van der Waals surface area contributed by atoms with Crippen LogP contribution in [0.1, 0.15) is 99.2 Å². The second-order valence-corrected chi connectivity index (χ2v) is 15.3. The maximum Gasteiger partial charge on any atom is 0.245 e. The zero-order valence-electron chi connectivity index (χ0n) is 33.8. The molecule has 0 aliphatic carbocycles. The van der Waals surface area contributed by atoms with E-state index in [4.69, 9.17) is 9.47 Å². The molecule has 2 rings (SSSR count). The van der Waals surface area contributed by atoms with Crippen molar-refractivity contribution in [2.24, 2.45) is 23.7 Å². The Balaban J connectivity index is 2.28. The number of aliphatic hydroxyl groups is 1. The fourth-order valence-corrected chi connectivity index (χ4v) is 7.59. The lowest BCUT2D eigenvalue weighted by molar-refractivity contribution is -0.150. The SMILES string of the molecule is CCC(C)C([C@@H](CC(=O)N1CCCC[C@H]1[C@H](OC)[C@@H](C)C(=O)N[C@H](C)[C@@H](O)c1ccccc1)OC)N(C)C(=O)[C@@H](NC(=O)C(NC)C(C)C)C(C)C. The molecule has 0 spiro atoms. The average Bonchev–Trinajstić information content (AvgIpc) is 3.13.